The van der Waals surface area contributed by atoms with Gasteiger partial charge in [-0.1, -0.05) is 24.9 Å². The fourth-order valence-electron chi connectivity index (χ4n) is 2.90. The fourth-order valence-corrected chi connectivity index (χ4v) is 3.51. The van der Waals surface area contributed by atoms with Crippen molar-refractivity contribution in [3.05, 3.63) is 16.4 Å². The highest BCUT2D eigenvalue weighted by atomic mass is 35.5. The van der Waals surface area contributed by atoms with Crippen LogP contribution in [-0.2, 0) is 20.0 Å². The summed E-state index contributed by atoms with van der Waals surface area (Å²) in [6.45, 7) is 4.13. The second-order valence-electron chi connectivity index (χ2n) is 5.28. The van der Waals surface area contributed by atoms with Gasteiger partial charge >= 0.3 is 0 Å². The molecule has 0 N–H and O–H groups in total. The van der Waals surface area contributed by atoms with E-state index in [9.17, 15) is 0 Å². The average molecular weight is 304 g/mol. The van der Waals surface area contributed by atoms with Crippen LogP contribution in [0.3, 0.4) is 0 Å². The highest BCUT2D eigenvalue weighted by molar-refractivity contribution is 6.31. The normalized spacial score (nSPS) is 20.9. The molecular formula is C14H23Cl2N3. The minimum atomic E-state index is 0.599. The van der Waals surface area contributed by atoms with Gasteiger partial charge in [-0.25, -0.2) is 0 Å². The van der Waals surface area contributed by atoms with Gasteiger partial charge in [0.15, 0.2) is 0 Å². The number of aryl methyl sites for hydroxylation is 2. The second-order valence-corrected chi connectivity index (χ2v) is 6.04. The van der Waals surface area contributed by atoms with E-state index in [1.54, 1.807) is 0 Å². The predicted octanol–water partition coefficient (Wildman–Crippen LogP) is 3.62. The Labute approximate surface area is 125 Å². The van der Waals surface area contributed by atoms with Crippen LogP contribution in [0.1, 0.15) is 44.0 Å². The van der Waals surface area contributed by atoms with Gasteiger partial charge in [0.2, 0.25) is 0 Å². The Morgan fingerprint density at radius 2 is 2.16 bits per heavy atom. The van der Waals surface area contributed by atoms with Crippen LogP contribution in [0.2, 0.25) is 5.02 Å². The highest BCUT2D eigenvalue weighted by Gasteiger charge is 2.24. The zero-order valence-corrected chi connectivity index (χ0v) is 13.3. The van der Waals surface area contributed by atoms with Crippen molar-refractivity contribution in [2.75, 3.05) is 12.4 Å². The first-order valence-corrected chi connectivity index (χ1v) is 8.08. The molecule has 0 spiro atoms. The number of halogens is 2. The summed E-state index contributed by atoms with van der Waals surface area (Å²) < 4.78 is 1.94. The van der Waals surface area contributed by atoms with Crippen LogP contribution in [0.5, 0.6) is 0 Å². The molecule has 19 heavy (non-hydrogen) atoms. The Kier molecular flexibility index (Phi) is 5.55. The van der Waals surface area contributed by atoms with E-state index in [4.69, 9.17) is 23.2 Å². The SMILES string of the molecule is CCc1nn(C)c(CN2CCCCC2CCCl)c1Cl. The van der Waals surface area contributed by atoms with Crippen molar-refractivity contribution < 1.29 is 0 Å². The van der Waals surface area contributed by atoms with Gasteiger partial charge in [0.1, 0.15) is 0 Å². The molecule has 0 bridgehead atoms. The Morgan fingerprint density at radius 1 is 1.37 bits per heavy atom. The highest BCUT2D eigenvalue weighted by Crippen LogP contribution is 2.26. The molecule has 0 saturated carbocycles. The molecule has 1 aliphatic heterocycles. The van der Waals surface area contributed by atoms with Crippen LogP contribution in [0.15, 0.2) is 0 Å². The summed E-state index contributed by atoms with van der Waals surface area (Å²) in [5.74, 6) is 0.737. The third-order valence-electron chi connectivity index (χ3n) is 4.05. The van der Waals surface area contributed by atoms with Crippen molar-refractivity contribution in [1.29, 1.82) is 0 Å². The molecule has 1 unspecified atom stereocenters. The maximum Gasteiger partial charge on any atom is 0.0863 e. The van der Waals surface area contributed by atoms with Crippen molar-refractivity contribution in [2.24, 2.45) is 7.05 Å². The van der Waals surface area contributed by atoms with Gasteiger partial charge in [0.25, 0.3) is 0 Å². The van der Waals surface area contributed by atoms with E-state index in [1.807, 2.05) is 11.7 Å². The Bertz CT molecular complexity index is 415. The van der Waals surface area contributed by atoms with Crippen LogP contribution < -0.4 is 0 Å². The third kappa shape index (κ3) is 3.45. The lowest BCUT2D eigenvalue weighted by Gasteiger charge is -2.35. The van der Waals surface area contributed by atoms with Gasteiger partial charge in [-0.3, -0.25) is 9.58 Å². The summed E-state index contributed by atoms with van der Waals surface area (Å²) in [6, 6.07) is 0.599. The largest absolute Gasteiger partial charge is 0.294 e. The summed E-state index contributed by atoms with van der Waals surface area (Å²) in [5.41, 5.74) is 2.14. The molecule has 0 aromatic carbocycles. The first-order valence-electron chi connectivity index (χ1n) is 7.17. The van der Waals surface area contributed by atoms with Gasteiger partial charge in [0, 0.05) is 25.5 Å². The Morgan fingerprint density at radius 3 is 2.79 bits per heavy atom. The van der Waals surface area contributed by atoms with Crippen molar-refractivity contribution >= 4 is 23.2 Å². The molecule has 108 valence electrons. The number of aromatic nitrogens is 2. The van der Waals surface area contributed by atoms with E-state index >= 15 is 0 Å². The van der Waals surface area contributed by atoms with Crippen LogP contribution in [0, 0.1) is 0 Å². The predicted molar refractivity (Wildman–Crippen MR) is 81.0 cm³/mol. The van der Waals surface area contributed by atoms with Gasteiger partial charge in [-0.15, -0.1) is 11.6 Å². The van der Waals surface area contributed by atoms with E-state index in [0.717, 1.165) is 48.2 Å². The smallest absolute Gasteiger partial charge is 0.0863 e. The molecule has 2 heterocycles. The lowest BCUT2D eigenvalue weighted by molar-refractivity contribution is 0.133. The van der Waals surface area contributed by atoms with E-state index in [0.29, 0.717) is 6.04 Å². The number of hydrogen-bond donors (Lipinski definition) is 0. The van der Waals surface area contributed by atoms with Crippen molar-refractivity contribution in [3.8, 4) is 0 Å². The molecule has 0 amide bonds. The van der Waals surface area contributed by atoms with Gasteiger partial charge in [-0.2, -0.15) is 5.10 Å². The maximum atomic E-state index is 6.44. The number of nitrogens with zero attached hydrogens (tertiary/aromatic N) is 3. The molecule has 3 nitrogen and oxygen atoms in total. The summed E-state index contributed by atoms with van der Waals surface area (Å²) in [7, 11) is 1.99. The van der Waals surface area contributed by atoms with Crippen molar-refractivity contribution in [1.82, 2.24) is 14.7 Å². The summed E-state index contributed by atoms with van der Waals surface area (Å²) >= 11 is 12.4. The van der Waals surface area contributed by atoms with Crippen LogP contribution >= 0.6 is 23.2 Å². The van der Waals surface area contributed by atoms with Gasteiger partial charge < -0.3 is 0 Å². The standard InChI is InChI=1S/C14H23Cl2N3/c1-3-12-14(16)13(18(2)17-12)10-19-9-5-4-6-11(19)7-8-15/h11H,3-10H2,1-2H3. The Hall–Kier alpha value is -0.250. The molecule has 1 atom stereocenters. The number of hydrogen-bond acceptors (Lipinski definition) is 2. The quantitative estimate of drug-likeness (QED) is 0.775. The molecule has 1 aromatic rings. The molecule has 1 saturated heterocycles. The van der Waals surface area contributed by atoms with Crippen LogP contribution in [0.25, 0.3) is 0 Å². The number of rotatable bonds is 5. The third-order valence-corrected chi connectivity index (χ3v) is 4.70. The molecule has 1 aromatic heterocycles. The first-order chi connectivity index (χ1) is 9.17. The minimum Gasteiger partial charge on any atom is -0.294 e. The van der Waals surface area contributed by atoms with Crippen molar-refractivity contribution in [2.45, 2.75) is 51.6 Å². The Balaban J connectivity index is 2.12. The fraction of sp³-hybridized carbons (Fsp3) is 0.786. The van der Waals surface area contributed by atoms with E-state index in [2.05, 4.69) is 16.9 Å². The summed E-state index contributed by atoms with van der Waals surface area (Å²) in [6.07, 6.45) is 5.80. The molecular weight excluding hydrogens is 281 g/mol. The number of alkyl halides is 1. The van der Waals surface area contributed by atoms with E-state index in [1.165, 1.54) is 19.3 Å². The monoisotopic (exact) mass is 303 g/mol. The van der Waals surface area contributed by atoms with Crippen LogP contribution in [0.4, 0.5) is 0 Å². The zero-order chi connectivity index (χ0) is 13.8. The molecule has 1 fully saturated rings. The zero-order valence-electron chi connectivity index (χ0n) is 11.8. The second kappa shape index (κ2) is 6.96. The lowest BCUT2D eigenvalue weighted by atomic mass is 10.00. The molecule has 0 radical (unpaired) electrons. The molecule has 5 heteroatoms. The summed E-state index contributed by atoms with van der Waals surface area (Å²) in [4.78, 5) is 2.52. The van der Waals surface area contributed by atoms with Gasteiger partial charge in [-0.05, 0) is 32.2 Å². The topological polar surface area (TPSA) is 21.1 Å². The lowest BCUT2D eigenvalue weighted by Crippen LogP contribution is -2.39. The maximum absolute atomic E-state index is 6.44. The molecule has 1 aliphatic rings. The molecule has 0 aliphatic carbocycles. The first kappa shape index (κ1) is 15.1. The minimum absolute atomic E-state index is 0.599. The molecule has 2 rings (SSSR count). The van der Waals surface area contributed by atoms with E-state index < -0.39 is 0 Å². The van der Waals surface area contributed by atoms with Gasteiger partial charge in [0.05, 0.1) is 16.4 Å². The number of likely N-dealkylation sites (tertiary alicyclic amines) is 1. The van der Waals surface area contributed by atoms with Crippen molar-refractivity contribution in [3.63, 3.8) is 0 Å². The van der Waals surface area contributed by atoms with Crippen LogP contribution in [-0.4, -0.2) is 33.1 Å². The van der Waals surface area contributed by atoms with E-state index in [-0.39, 0.29) is 0 Å². The average Bonchev–Trinajstić information content (AvgIpc) is 2.68. The summed E-state index contributed by atoms with van der Waals surface area (Å²) in [5, 5.41) is 5.34. The number of piperidine rings is 1.